The highest BCUT2D eigenvalue weighted by Gasteiger charge is 2.28. The lowest BCUT2D eigenvalue weighted by atomic mass is 9.93. The molecule has 4 heterocycles. The zero-order chi connectivity index (χ0) is 15.8. The lowest BCUT2D eigenvalue weighted by molar-refractivity contribution is 0.0678. The monoisotopic (exact) mass is 311 g/mol. The summed E-state index contributed by atoms with van der Waals surface area (Å²) in [6, 6.07) is 3.91. The largest absolute Gasteiger partial charge is 0.438 e. The second kappa shape index (κ2) is 5.49. The smallest absolute Gasteiger partial charge is 0.291 e. The van der Waals surface area contributed by atoms with Crippen LogP contribution in [-0.2, 0) is 0 Å². The van der Waals surface area contributed by atoms with Gasteiger partial charge in [-0.15, -0.1) is 0 Å². The number of aromatic nitrogens is 4. The molecule has 23 heavy (non-hydrogen) atoms. The molecule has 4 rings (SSSR count). The van der Waals surface area contributed by atoms with Crippen LogP contribution in [-0.4, -0.2) is 43.5 Å². The maximum Gasteiger partial charge on any atom is 0.291 e. The average molecular weight is 311 g/mol. The van der Waals surface area contributed by atoms with E-state index in [-0.39, 0.29) is 5.91 Å². The predicted molar refractivity (Wildman–Crippen MR) is 82.1 cm³/mol. The fourth-order valence-electron chi connectivity index (χ4n) is 3.19. The van der Waals surface area contributed by atoms with Gasteiger partial charge in [-0.1, -0.05) is 0 Å². The van der Waals surface area contributed by atoms with Gasteiger partial charge in [-0.2, -0.15) is 5.10 Å². The highest BCUT2D eigenvalue weighted by Crippen LogP contribution is 2.28. The lowest BCUT2D eigenvalue weighted by Gasteiger charge is -2.31. The number of oxazole rings is 1. The summed E-state index contributed by atoms with van der Waals surface area (Å²) >= 11 is 0. The minimum Gasteiger partial charge on any atom is -0.438 e. The molecule has 1 aliphatic heterocycles. The van der Waals surface area contributed by atoms with E-state index in [0.29, 0.717) is 30.5 Å². The van der Waals surface area contributed by atoms with Crippen molar-refractivity contribution in [2.24, 2.45) is 0 Å². The van der Waals surface area contributed by atoms with Crippen LogP contribution in [0.3, 0.4) is 0 Å². The van der Waals surface area contributed by atoms with Crippen LogP contribution in [0.15, 0.2) is 35.3 Å². The number of nitrogens with zero attached hydrogens (tertiary/aromatic N) is 5. The molecule has 0 unspecified atom stereocenters. The van der Waals surface area contributed by atoms with Gasteiger partial charge in [-0.25, -0.2) is 14.5 Å². The number of hydrogen-bond acceptors (Lipinski definition) is 5. The minimum absolute atomic E-state index is 0.0718. The van der Waals surface area contributed by atoms with E-state index in [1.165, 1.54) is 6.39 Å². The summed E-state index contributed by atoms with van der Waals surface area (Å²) in [5.74, 6) is 0.652. The molecule has 118 valence electrons. The summed E-state index contributed by atoms with van der Waals surface area (Å²) in [5, 5.41) is 4.35. The Bertz CT molecular complexity index is 845. The van der Waals surface area contributed by atoms with Crippen molar-refractivity contribution in [3.8, 4) is 0 Å². The molecule has 7 nitrogen and oxygen atoms in total. The molecule has 0 spiro atoms. The van der Waals surface area contributed by atoms with Crippen LogP contribution in [0.4, 0.5) is 0 Å². The Labute approximate surface area is 132 Å². The van der Waals surface area contributed by atoms with Crippen molar-refractivity contribution >= 4 is 11.6 Å². The topological polar surface area (TPSA) is 76.5 Å². The average Bonchev–Trinajstić information content (AvgIpc) is 3.22. The number of amides is 1. The van der Waals surface area contributed by atoms with E-state index < -0.39 is 0 Å². The van der Waals surface area contributed by atoms with E-state index in [1.54, 1.807) is 13.1 Å². The van der Waals surface area contributed by atoms with Crippen LogP contribution >= 0.6 is 0 Å². The first-order valence-corrected chi connectivity index (χ1v) is 7.72. The first-order valence-electron chi connectivity index (χ1n) is 7.72. The van der Waals surface area contributed by atoms with Crippen molar-refractivity contribution in [3.05, 3.63) is 48.1 Å². The lowest BCUT2D eigenvalue weighted by Crippen LogP contribution is -2.38. The summed E-state index contributed by atoms with van der Waals surface area (Å²) in [6.45, 7) is 3.19. The Morgan fingerprint density at radius 2 is 2.04 bits per heavy atom. The third kappa shape index (κ3) is 2.38. The van der Waals surface area contributed by atoms with Crippen LogP contribution in [0.25, 0.3) is 5.65 Å². The number of carbonyl (C=O) groups excluding carboxylic acids is 1. The van der Waals surface area contributed by atoms with Crippen LogP contribution in [0.1, 0.15) is 40.7 Å². The Balaban J connectivity index is 1.50. The highest BCUT2D eigenvalue weighted by atomic mass is 16.3. The van der Waals surface area contributed by atoms with Gasteiger partial charge in [0.25, 0.3) is 5.91 Å². The summed E-state index contributed by atoms with van der Waals surface area (Å²) in [7, 11) is 0. The molecular formula is C16H17N5O2. The molecule has 0 aliphatic carbocycles. The molecule has 0 radical (unpaired) electrons. The first kappa shape index (κ1) is 13.9. The molecule has 0 N–H and O–H groups in total. The fraction of sp³-hybridized carbons (Fsp3) is 0.375. The summed E-state index contributed by atoms with van der Waals surface area (Å²) in [5.41, 5.74) is 2.66. The minimum atomic E-state index is -0.0718. The van der Waals surface area contributed by atoms with Crippen molar-refractivity contribution in [1.29, 1.82) is 0 Å². The Morgan fingerprint density at radius 1 is 1.22 bits per heavy atom. The second-order valence-corrected chi connectivity index (χ2v) is 5.80. The van der Waals surface area contributed by atoms with E-state index >= 15 is 0 Å². The second-order valence-electron chi connectivity index (χ2n) is 5.80. The third-order valence-electron chi connectivity index (χ3n) is 4.46. The van der Waals surface area contributed by atoms with Gasteiger partial charge in [0.05, 0.1) is 11.9 Å². The maximum absolute atomic E-state index is 12.5. The standard InChI is InChI=1S/C16H17N5O2/c1-11-15(23-10-18-11)16(22)20-8-4-12(5-9-20)13-2-6-17-14-3-7-19-21(13)14/h2-3,6-7,10,12H,4-5,8-9H2,1H3. The van der Waals surface area contributed by atoms with Crippen molar-refractivity contribution in [1.82, 2.24) is 24.5 Å². The van der Waals surface area contributed by atoms with E-state index in [2.05, 4.69) is 15.1 Å². The molecule has 1 aliphatic rings. The van der Waals surface area contributed by atoms with Gasteiger partial charge in [0, 0.05) is 37.0 Å². The molecule has 1 amide bonds. The molecule has 3 aromatic heterocycles. The van der Waals surface area contributed by atoms with E-state index in [9.17, 15) is 4.79 Å². The van der Waals surface area contributed by atoms with Crippen LogP contribution in [0, 0.1) is 6.92 Å². The third-order valence-corrected chi connectivity index (χ3v) is 4.46. The summed E-state index contributed by atoms with van der Waals surface area (Å²) in [4.78, 5) is 22.6. The zero-order valence-corrected chi connectivity index (χ0v) is 12.8. The first-order chi connectivity index (χ1) is 11.2. The van der Waals surface area contributed by atoms with E-state index in [0.717, 1.165) is 24.2 Å². The number of likely N-dealkylation sites (tertiary alicyclic amines) is 1. The van der Waals surface area contributed by atoms with Gasteiger partial charge in [0.2, 0.25) is 5.76 Å². The van der Waals surface area contributed by atoms with Gasteiger partial charge in [0.1, 0.15) is 0 Å². The summed E-state index contributed by atoms with van der Waals surface area (Å²) in [6.07, 6.45) is 6.70. The molecule has 0 saturated carbocycles. The molecule has 1 saturated heterocycles. The summed E-state index contributed by atoms with van der Waals surface area (Å²) < 4.78 is 7.10. The van der Waals surface area contributed by atoms with Crippen LogP contribution in [0.5, 0.6) is 0 Å². The van der Waals surface area contributed by atoms with Crippen molar-refractivity contribution in [3.63, 3.8) is 0 Å². The Kier molecular flexibility index (Phi) is 3.33. The van der Waals surface area contributed by atoms with Gasteiger partial charge >= 0.3 is 0 Å². The molecule has 1 fully saturated rings. The van der Waals surface area contributed by atoms with E-state index in [1.807, 2.05) is 27.7 Å². The quantitative estimate of drug-likeness (QED) is 0.724. The molecule has 3 aromatic rings. The Hall–Kier alpha value is -2.70. The van der Waals surface area contributed by atoms with Gasteiger partial charge in [-0.05, 0) is 25.8 Å². The number of hydrogen-bond donors (Lipinski definition) is 0. The molecule has 0 atom stereocenters. The van der Waals surface area contributed by atoms with Gasteiger partial charge in [-0.3, -0.25) is 4.79 Å². The molecule has 0 bridgehead atoms. The highest BCUT2D eigenvalue weighted by molar-refractivity contribution is 5.92. The van der Waals surface area contributed by atoms with Crippen molar-refractivity contribution < 1.29 is 9.21 Å². The molecular weight excluding hydrogens is 294 g/mol. The predicted octanol–water partition coefficient (Wildman–Crippen LogP) is 2.05. The molecule has 0 aromatic carbocycles. The van der Waals surface area contributed by atoms with Crippen LogP contribution in [0.2, 0.25) is 0 Å². The maximum atomic E-state index is 12.5. The van der Waals surface area contributed by atoms with E-state index in [4.69, 9.17) is 4.42 Å². The number of carbonyl (C=O) groups is 1. The molecule has 7 heteroatoms. The zero-order valence-electron chi connectivity index (χ0n) is 12.8. The van der Waals surface area contributed by atoms with Gasteiger partial charge < -0.3 is 9.32 Å². The number of piperidine rings is 1. The number of aryl methyl sites for hydroxylation is 1. The number of fused-ring (bicyclic) bond motifs is 1. The van der Waals surface area contributed by atoms with Crippen LogP contribution < -0.4 is 0 Å². The Morgan fingerprint density at radius 3 is 2.78 bits per heavy atom. The SMILES string of the molecule is Cc1ncoc1C(=O)N1CCC(c2ccnc3ccnn23)CC1. The fourth-order valence-corrected chi connectivity index (χ4v) is 3.19. The normalized spacial score (nSPS) is 16.1. The van der Waals surface area contributed by atoms with Gasteiger partial charge in [0.15, 0.2) is 12.0 Å². The van der Waals surface area contributed by atoms with Crippen molar-refractivity contribution in [2.75, 3.05) is 13.1 Å². The number of rotatable bonds is 2. The van der Waals surface area contributed by atoms with Crippen molar-refractivity contribution in [2.45, 2.75) is 25.7 Å².